The molecule has 2 aromatic heterocycles. The van der Waals surface area contributed by atoms with Crippen LogP contribution in [-0.2, 0) is 0 Å². The molecule has 1 aromatic carbocycles. The number of aromatic nitrogens is 2. The Kier molecular flexibility index (Phi) is 4.53. The van der Waals surface area contributed by atoms with Gasteiger partial charge in [-0.1, -0.05) is 12.1 Å². The minimum atomic E-state index is -0.167. The van der Waals surface area contributed by atoms with Gasteiger partial charge in [-0.25, -0.2) is 0 Å². The molecule has 1 unspecified atom stereocenters. The highest BCUT2D eigenvalue weighted by Crippen LogP contribution is 2.29. The zero-order valence-corrected chi connectivity index (χ0v) is 15.0. The van der Waals surface area contributed by atoms with E-state index >= 15 is 0 Å². The first-order chi connectivity index (χ1) is 13.2. The van der Waals surface area contributed by atoms with E-state index in [1.807, 2.05) is 12.1 Å². The zero-order chi connectivity index (χ0) is 18.8. The number of likely N-dealkylation sites (tertiary alicyclic amines) is 1. The molecule has 1 amide bonds. The van der Waals surface area contributed by atoms with Crippen molar-refractivity contribution in [2.45, 2.75) is 12.5 Å². The highest BCUT2D eigenvalue weighted by Gasteiger charge is 2.30. The normalized spacial score (nSPS) is 16.5. The lowest BCUT2D eigenvalue weighted by molar-refractivity contribution is 0.0742. The van der Waals surface area contributed by atoms with Gasteiger partial charge < -0.3 is 23.5 Å². The highest BCUT2D eigenvalue weighted by atomic mass is 16.5. The second-order valence-corrected chi connectivity index (χ2v) is 6.18. The third-order valence-corrected chi connectivity index (χ3v) is 4.48. The monoisotopic (exact) mass is 369 g/mol. The standard InChI is InChI=1S/C19H19N3O5/c1-24-14-5-3-4-12-10-15(27-18(12)14)19(23)22-9-8-13(11-22)26-17-7-6-16(25-2)20-21-17/h3-7,10,13H,8-9,11H2,1-2H3. The van der Waals surface area contributed by atoms with Gasteiger partial charge in [0.15, 0.2) is 17.1 Å². The summed E-state index contributed by atoms with van der Waals surface area (Å²) in [6, 6.07) is 10.7. The smallest absolute Gasteiger partial charge is 0.289 e. The van der Waals surface area contributed by atoms with Crippen molar-refractivity contribution in [3.8, 4) is 17.5 Å². The molecule has 0 saturated carbocycles. The van der Waals surface area contributed by atoms with Crippen molar-refractivity contribution >= 4 is 16.9 Å². The van der Waals surface area contributed by atoms with Crippen LogP contribution in [0.25, 0.3) is 11.0 Å². The first kappa shape index (κ1) is 17.1. The summed E-state index contributed by atoms with van der Waals surface area (Å²) < 4.78 is 21.8. The molecule has 1 atom stereocenters. The second kappa shape index (κ2) is 7.14. The fourth-order valence-electron chi connectivity index (χ4n) is 3.12. The second-order valence-electron chi connectivity index (χ2n) is 6.18. The summed E-state index contributed by atoms with van der Waals surface area (Å²) in [5.74, 6) is 1.56. The summed E-state index contributed by atoms with van der Waals surface area (Å²) in [5, 5.41) is 8.66. The van der Waals surface area contributed by atoms with Crippen LogP contribution >= 0.6 is 0 Å². The van der Waals surface area contributed by atoms with E-state index < -0.39 is 0 Å². The maximum Gasteiger partial charge on any atom is 0.289 e. The molecule has 0 spiro atoms. The molecule has 140 valence electrons. The van der Waals surface area contributed by atoms with Crippen LogP contribution in [0.4, 0.5) is 0 Å². The number of rotatable bonds is 5. The number of ether oxygens (including phenoxy) is 3. The summed E-state index contributed by atoms with van der Waals surface area (Å²) in [6.45, 7) is 1.04. The lowest BCUT2D eigenvalue weighted by Crippen LogP contribution is -2.30. The van der Waals surface area contributed by atoms with E-state index in [0.717, 1.165) is 5.39 Å². The van der Waals surface area contributed by atoms with Gasteiger partial charge in [0.25, 0.3) is 5.91 Å². The summed E-state index contributed by atoms with van der Waals surface area (Å²) >= 11 is 0. The third-order valence-electron chi connectivity index (χ3n) is 4.48. The van der Waals surface area contributed by atoms with Crippen LogP contribution in [0.15, 0.2) is 40.8 Å². The Morgan fingerprint density at radius 1 is 1.15 bits per heavy atom. The average molecular weight is 369 g/mol. The summed E-state index contributed by atoms with van der Waals surface area (Å²) in [6.07, 6.45) is 0.568. The van der Waals surface area contributed by atoms with Crippen LogP contribution in [0.1, 0.15) is 17.0 Å². The quantitative estimate of drug-likeness (QED) is 0.683. The van der Waals surface area contributed by atoms with E-state index in [2.05, 4.69) is 10.2 Å². The number of para-hydroxylation sites is 1. The molecular formula is C19H19N3O5. The van der Waals surface area contributed by atoms with Crippen LogP contribution in [0, 0.1) is 0 Å². The molecule has 1 aliphatic heterocycles. The van der Waals surface area contributed by atoms with Gasteiger partial charge >= 0.3 is 0 Å². The van der Waals surface area contributed by atoms with Crippen LogP contribution in [-0.4, -0.2) is 54.4 Å². The van der Waals surface area contributed by atoms with Crippen LogP contribution in [0.2, 0.25) is 0 Å². The molecular weight excluding hydrogens is 350 g/mol. The van der Waals surface area contributed by atoms with Gasteiger partial charge in [-0.2, -0.15) is 0 Å². The van der Waals surface area contributed by atoms with Crippen LogP contribution < -0.4 is 14.2 Å². The predicted molar refractivity (Wildman–Crippen MR) is 96.3 cm³/mol. The summed E-state index contributed by atoms with van der Waals surface area (Å²) in [5.41, 5.74) is 0.573. The predicted octanol–water partition coefficient (Wildman–Crippen LogP) is 2.53. The molecule has 1 fully saturated rings. The molecule has 0 radical (unpaired) electrons. The highest BCUT2D eigenvalue weighted by molar-refractivity contribution is 5.97. The first-order valence-electron chi connectivity index (χ1n) is 8.58. The van der Waals surface area contributed by atoms with Crippen molar-refractivity contribution in [1.29, 1.82) is 0 Å². The molecule has 3 heterocycles. The number of furan rings is 1. The van der Waals surface area contributed by atoms with E-state index in [1.165, 1.54) is 7.11 Å². The summed E-state index contributed by atoms with van der Waals surface area (Å²) in [7, 11) is 3.10. The Morgan fingerprint density at radius 2 is 1.96 bits per heavy atom. The van der Waals surface area contributed by atoms with Gasteiger partial charge in [-0.15, -0.1) is 10.2 Å². The van der Waals surface area contributed by atoms with E-state index in [-0.39, 0.29) is 12.0 Å². The molecule has 0 bridgehead atoms. The van der Waals surface area contributed by atoms with Gasteiger partial charge in [0, 0.05) is 30.5 Å². The fourth-order valence-corrected chi connectivity index (χ4v) is 3.12. The number of carbonyl (C=O) groups excluding carboxylic acids is 1. The van der Waals surface area contributed by atoms with Crippen LogP contribution in [0.3, 0.4) is 0 Å². The Labute approximate surface area is 155 Å². The van der Waals surface area contributed by atoms with Gasteiger partial charge in [0.05, 0.1) is 20.8 Å². The molecule has 1 aliphatic rings. The number of carbonyl (C=O) groups is 1. The SMILES string of the molecule is COc1ccc(OC2CCN(C(=O)c3cc4cccc(OC)c4o3)C2)nn1. The van der Waals surface area contributed by atoms with E-state index in [1.54, 1.807) is 36.3 Å². The minimum Gasteiger partial charge on any atom is -0.493 e. The van der Waals surface area contributed by atoms with Crippen LogP contribution in [0.5, 0.6) is 17.5 Å². The van der Waals surface area contributed by atoms with Crippen molar-refractivity contribution in [2.24, 2.45) is 0 Å². The number of hydrogen-bond donors (Lipinski definition) is 0. The van der Waals surface area contributed by atoms with E-state index in [0.29, 0.717) is 48.4 Å². The Balaban J connectivity index is 1.44. The lowest BCUT2D eigenvalue weighted by atomic mass is 10.2. The first-order valence-corrected chi connectivity index (χ1v) is 8.58. The molecule has 0 N–H and O–H groups in total. The Morgan fingerprint density at radius 3 is 2.70 bits per heavy atom. The Bertz CT molecular complexity index is 954. The topological polar surface area (TPSA) is 86.9 Å². The number of fused-ring (bicyclic) bond motifs is 1. The third kappa shape index (κ3) is 3.38. The molecule has 8 heteroatoms. The van der Waals surface area contributed by atoms with E-state index in [4.69, 9.17) is 18.6 Å². The molecule has 3 aromatic rings. The van der Waals surface area contributed by atoms with Gasteiger partial charge in [0.2, 0.25) is 11.8 Å². The van der Waals surface area contributed by atoms with Gasteiger partial charge in [-0.3, -0.25) is 4.79 Å². The van der Waals surface area contributed by atoms with Crippen molar-refractivity contribution < 1.29 is 23.4 Å². The molecule has 27 heavy (non-hydrogen) atoms. The lowest BCUT2D eigenvalue weighted by Gasteiger charge is -2.15. The van der Waals surface area contributed by atoms with Gasteiger partial charge in [0.1, 0.15) is 6.10 Å². The van der Waals surface area contributed by atoms with Crippen molar-refractivity contribution in [2.75, 3.05) is 27.3 Å². The fraction of sp³-hybridized carbons (Fsp3) is 0.316. The summed E-state index contributed by atoms with van der Waals surface area (Å²) in [4.78, 5) is 14.5. The van der Waals surface area contributed by atoms with Crippen molar-refractivity contribution in [1.82, 2.24) is 15.1 Å². The number of hydrogen-bond acceptors (Lipinski definition) is 7. The Hall–Kier alpha value is -3.29. The molecule has 8 nitrogen and oxygen atoms in total. The maximum absolute atomic E-state index is 12.8. The number of benzene rings is 1. The molecule has 0 aliphatic carbocycles. The zero-order valence-electron chi connectivity index (χ0n) is 15.0. The average Bonchev–Trinajstić information content (AvgIpc) is 3.34. The van der Waals surface area contributed by atoms with E-state index in [9.17, 15) is 4.79 Å². The maximum atomic E-state index is 12.8. The number of methoxy groups -OCH3 is 2. The minimum absolute atomic E-state index is 0.143. The van der Waals surface area contributed by atoms with Crippen molar-refractivity contribution in [3.63, 3.8) is 0 Å². The van der Waals surface area contributed by atoms with Crippen molar-refractivity contribution in [3.05, 3.63) is 42.2 Å². The molecule has 4 rings (SSSR count). The van der Waals surface area contributed by atoms with Gasteiger partial charge in [-0.05, 0) is 12.1 Å². The number of amides is 1. The molecule has 1 saturated heterocycles. The number of nitrogens with zero attached hydrogens (tertiary/aromatic N) is 3. The largest absolute Gasteiger partial charge is 0.493 e.